The molecule has 0 aliphatic heterocycles. The Kier molecular flexibility index (Phi) is 14.1. The number of halogens is 2. The van der Waals surface area contributed by atoms with E-state index in [0.29, 0.717) is 11.1 Å². The molecule has 0 radical (unpaired) electrons. The van der Waals surface area contributed by atoms with Crippen LogP contribution in [0.25, 0.3) is 0 Å². The number of carbonyl (C=O) groups excluding carboxylic acids is 2. The monoisotopic (exact) mass is 454 g/mol. The SMILES string of the molecule is CCc1ccc(C(N)=O)c(CC)c1C.CCc1ccc(C(N)=O)c(CC)c1C.Cl.Cl. The summed E-state index contributed by atoms with van der Waals surface area (Å²) >= 11 is 0. The van der Waals surface area contributed by atoms with Gasteiger partial charge in [0, 0.05) is 11.1 Å². The fourth-order valence-corrected chi connectivity index (χ4v) is 3.75. The van der Waals surface area contributed by atoms with E-state index in [4.69, 9.17) is 11.5 Å². The number of rotatable bonds is 6. The number of carbonyl (C=O) groups is 2. The highest BCUT2D eigenvalue weighted by atomic mass is 35.5. The van der Waals surface area contributed by atoms with Gasteiger partial charge in [-0.05, 0) is 85.0 Å². The molecule has 2 aromatic rings. The van der Waals surface area contributed by atoms with E-state index in [1.54, 1.807) is 0 Å². The standard InChI is InChI=1S/2C12H17NO.2ClH/c2*1-4-9-6-7-11(12(13)14)10(5-2)8(9)3;;/h2*6-7H,4-5H2,1-3H3,(H2,13,14);2*1H. The van der Waals surface area contributed by atoms with Gasteiger partial charge < -0.3 is 11.5 Å². The maximum atomic E-state index is 11.2. The molecule has 2 amide bonds. The Bertz CT molecular complexity index is 793. The molecule has 0 saturated carbocycles. The van der Waals surface area contributed by atoms with Crippen molar-refractivity contribution in [2.24, 2.45) is 11.5 Å². The van der Waals surface area contributed by atoms with Crippen molar-refractivity contribution in [3.8, 4) is 0 Å². The van der Waals surface area contributed by atoms with E-state index in [0.717, 1.165) is 36.8 Å². The predicted octanol–water partition coefficient (Wildman–Crippen LogP) is 5.28. The topological polar surface area (TPSA) is 86.2 Å². The Morgan fingerprint density at radius 1 is 0.633 bits per heavy atom. The summed E-state index contributed by atoms with van der Waals surface area (Å²) in [4.78, 5) is 22.3. The molecule has 0 aromatic heterocycles. The molecule has 2 rings (SSSR count). The van der Waals surface area contributed by atoms with Gasteiger partial charge in [0.1, 0.15) is 0 Å². The van der Waals surface area contributed by atoms with Crippen LogP contribution in [0, 0.1) is 13.8 Å². The van der Waals surface area contributed by atoms with Gasteiger partial charge in [0.15, 0.2) is 0 Å². The smallest absolute Gasteiger partial charge is 0.248 e. The van der Waals surface area contributed by atoms with Crippen LogP contribution in [0.3, 0.4) is 0 Å². The lowest BCUT2D eigenvalue weighted by atomic mass is 9.94. The van der Waals surface area contributed by atoms with Crippen LogP contribution in [-0.4, -0.2) is 11.8 Å². The molecule has 0 aliphatic carbocycles. The third-order valence-corrected chi connectivity index (χ3v) is 5.42. The highest BCUT2D eigenvalue weighted by Crippen LogP contribution is 2.20. The summed E-state index contributed by atoms with van der Waals surface area (Å²) in [5.41, 5.74) is 19.2. The lowest BCUT2D eigenvalue weighted by molar-refractivity contribution is 0.0991. The third-order valence-electron chi connectivity index (χ3n) is 5.42. The molecule has 30 heavy (non-hydrogen) atoms. The molecule has 0 fully saturated rings. The van der Waals surface area contributed by atoms with Crippen LogP contribution in [0.2, 0.25) is 0 Å². The van der Waals surface area contributed by atoms with Gasteiger partial charge in [-0.25, -0.2) is 0 Å². The van der Waals surface area contributed by atoms with E-state index >= 15 is 0 Å². The Labute approximate surface area is 193 Å². The second kappa shape index (κ2) is 14.1. The van der Waals surface area contributed by atoms with Crippen LogP contribution < -0.4 is 11.5 Å². The van der Waals surface area contributed by atoms with E-state index < -0.39 is 0 Å². The van der Waals surface area contributed by atoms with Crippen LogP contribution >= 0.6 is 24.8 Å². The molecule has 168 valence electrons. The summed E-state index contributed by atoms with van der Waals surface area (Å²) < 4.78 is 0. The molecular weight excluding hydrogens is 419 g/mol. The first-order chi connectivity index (χ1) is 13.2. The first-order valence-corrected chi connectivity index (χ1v) is 10.0. The fourth-order valence-electron chi connectivity index (χ4n) is 3.75. The Balaban J connectivity index is 0. The van der Waals surface area contributed by atoms with Gasteiger partial charge >= 0.3 is 0 Å². The molecule has 4 nitrogen and oxygen atoms in total. The van der Waals surface area contributed by atoms with E-state index in [1.807, 2.05) is 38.1 Å². The third kappa shape index (κ3) is 7.03. The number of hydrogen-bond donors (Lipinski definition) is 2. The molecule has 0 atom stereocenters. The van der Waals surface area contributed by atoms with E-state index in [-0.39, 0.29) is 36.6 Å². The zero-order valence-electron chi connectivity index (χ0n) is 18.9. The summed E-state index contributed by atoms with van der Waals surface area (Å²) in [6.45, 7) is 12.5. The van der Waals surface area contributed by atoms with Gasteiger partial charge in [-0.2, -0.15) is 0 Å². The van der Waals surface area contributed by atoms with Gasteiger partial charge in [-0.3, -0.25) is 9.59 Å². The Morgan fingerprint density at radius 2 is 0.933 bits per heavy atom. The van der Waals surface area contributed by atoms with Crippen molar-refractivity contribution < 1.29 is 9.59 Å². The number of hydrogen-bond acceptors (Lipinski definition) is 2. The average Bonchev–Trinajstić information content (AvgIpc) is 2.67. The molecule has 0 bridgehead atoms. The second-order valence-corrected chi connectivity index (χ2v) is 6.89. The molecule has 0 aliphatic rings. The summed E-state index contributed by atoms with van der Waals surface area (Å²) in [5, 5.41) is 0. The van der Waals surface area contributed by atoms with Crippen LogP contribution in [0.5, 0.6) is 0 Å². The minimum atomic E-state index is -0.326. The molecule has 2 aromatic carbocycles. The maximum absolute atomic E-state index is 11.2. The first kappa shape index (κ1) is 30.2. The van der Waals surface area contributed by atoms with Gasteiger partial charge in [0.2, 0.25) is 11.8 Å². The number of benzene rings is 2. The average molecular weight is 455 g/mol. The van der Waals surface area contributed by atoms with Crippen molar-refractivity contribution in [1.82, 2.24) is 0 Å². The van der Waals surface area contributed by atoms with Gasteiger partial charge in [-0.1, -0.05) is 39.8 Å². The lowest BCUT2D eigenvalue weighted by Gasteiger charge is -2.12. The molecule has 0 unspecified atom stereocenters. The maximum Gasteiger partial charge on any atom is 0.248 e. The van der Waals surface area contributed by atoms with Crippen molar-refractivity contribution in [1.29, 1.82) is 0 Å². The number of nitrogens with two attached hydrogens (primary N) is 2. The number of primary amides is 2. The van der Waals surface area contributed by atoms with Crippen LogP contribution in [0.4, 0.5) is 0 Å². The van der Waals surface area contributed by atoms with Crippen molar-refractivity contribution in [2.45, 2.75) is 67.2 Å². The lowest BCUT2D eigenvalue weighted by Crippen LogP contribution is -2.15. The zero-order chi connectivity index (χ0) is 21.4. The van der Waals surface area contributed by atoms with Crippen LogP contribution in [0.1, 0.15) is 81.8 Å². The number of aryl methyl sites for hydroxylation is 2. The predicted molar refractivity (Wildman–Crippen MR) is 131 cm³/mol. The van der Waals surface area contributed by atoms with Crippen molar-refractivity contribution in [3.63, 3.8) is 0 Å². The van der Waals surface area contributed by atoms with Gasteiger partial charge in [0.05, 0.1) is 0 Å². The quantitative estimate of drug-likeness (QED) is 0.621. The van der Waals surface area contributed by atoms with E-state index in [9.17, 15) is 9.59 Å². The molecule has 0 spiro atoms. The summed E-state index contributed by atoms with van der Waals surface area (Å²) in [5.74, 6) is -0.653. The minimum Gasteiger partial charge on any atom is -0.366 e. The fraction of sp³-hybridized carbons (Fsp3) is 0.417. The summed E-state index contributed by atoms with van der Waals surface area (Å²) in [7, 11) is 0. The summed E-state index contributed by atoms with van der Waals surface area (Å²) in [6, 6.07) is 7.67. The highest BCUT2D eigenvalue weighted by Gasteiger charge is 2.12. The van der Waals surface area contributed by atoms with Crippen molar-refractivity contribution in [3.05, 3.63) is 68.8 Å². The summed E-state index contributed by atoms with van der Waals surface area (Å²) in [6.07, 6.45) is 3.71. The van der Waals surface area contributed by atoms with Crippen LogP contribution in [0.15, 0.2) is 24.3 Å². The van der Waals surface area contributed by atoms with Crippen LogP contribution in [-0.2, 0) is 25.7 Å². The molecule has 0 heterocycles. The number of amides is 2. The largest absolute Gasteiger partial charge is 0.366 e. The normalized spacial score (nSPS) is 9.53. The minimum absolute atomic E-state index is 0. The zero-order valence-corrected chi connectivity index (χ0v) is 20.6. The second-order valence-electron chi connectivity index (χ2n) is 6.89. The molecular formula is C24H36Cl2N2O2. The van der Waals surface area contributed by atoms with E-state index in [2.05, 4.69) is 27.7 Å². The van der Waals surface area contributed by atoms with Gasteiger partial charge in [-0.15, -0.1) is 24.8 Å². The van der Waals surface area contributed by atoms with Gasteiger partial charge in [0.25, 0.3) is 0 Å². The van der Waals surface area contributed by atoms with Crippen molar-refractivity contribution >= 4 is 36.6 Å². The highest BCUT2D eigenvalue weighted by molar-refractivity contribution is 5.95. The molecule has 6 heteroatoms. The molecule has 4 N–H and O–H groups in total. The van der Waals surface area contributed by atoms with Crippen molar-refractivity contribution in [2.75, 3.05) is 0 Å². The Hall–Kier alpha value is -2.04. The molecule has 0 saturated heterocycles. The van der Waals surface area contributed by atoms with E-state index in [1.165, 1.54) is 22.3 Å². The first-order valence-electron chi connectivity index (χ1n) is 10.0. The Morgan fingerprint density at radius 3 is 1.13 bits per heavy atom.